The number of carbonyl (C=O) groups is 1. The Labute approximate surface area is 120 Å². The number of halogens is 1. The van der Waals surface area contributed by atoms with Gasteiger partial charge in [0.15, 0.2) is 0 Å². The number of benzene rings is 1. The lowest BCUT2D eigenvalue weighted by Gasteiger charge is -2.06. The van der Waals surface area contributed by atoms with E-state index in [9.17, 15) is 17.6 Å². The molecule has 1 heterocycles. The molecule has 0 aliphatic carbocycles. The van der Waals surface area contributed by atoms with Crippen LogP contribution in [0.2, 0.25) is 0 Å². The summed E-state index contributed by atoms with van der Waals surface area (Å²) in [6.07, 6.45) is 2.59. The molecule has 0 unspecified atom stereocenters. The third-order valence-corrected chi connectivity index (χ3v) is 4.56. The number of aromatic nitrogens is 2. The summed E-state index contributed by atoms with van der Waals surface area (Å²) in [7, 11) is -3.52. The summed E-state index contributed by atoms with van der Waals surface area (Å²) >= 11 is 0. The van der Waals surface area contributed by atoms with Crippen LogP contribution in [0.1, 0.15) is 22.8 Å². The first-order valence-corrected chi connectivity index (χ1v) is 7.69. The number of aryl methyl sites for hydroxylation is 1. The van der Waals surface area contributed by atoms with Crippen LogP contribution in [0.25, 0.3) is 11.1 Å². The summed E-state index contributed by atoms with van der Waals surface area (Å²) in [6.45, 7) is 3.10. The van der Waals surface area contributed by atoms with E-state index < -0.39 is 27.4 Å². The Balaban J connectivity index is 2.58. The second kappa shape index (κ2) is 5.28. The molecule has 0 atom stereocenters. The van der Waals surface area contributed by atoms with E-state index >= 15 is 0 Å². The van der Waals surface area contributed by atoms with Crippen LogP contribution in [0.4, 0.5) is 4.39 Å². The molecule has 1 aromatic heterocycles. The standard InChI is InChI=1S/C13H13FN2O4S/c1-3-21(19,20)16-7-9(6-15-16)10-5-11(13(17)18)12(14)4-8(10)2/h4-7H,3H2,1-2H3,(H,17,18). The lowest BCUT2D eigenvalue weighted by Crippen LogP contribution is -2.14. The van der Waals surface area contributed by atoms with E-state index in [1.54, 1.807) is 6.92 Å². The van der Waals surface area contributed by atoms with E-state index in [4.69, 9.17) is 5.11 Å². The molecule has 112 valence electrons. The van der Waals surface area contributed by atoms with Gasteiger partial charge in [0.2, 0.25) is 0 Å². The van der Waals surface area contributed by atoms with Crippen LogP contribution in [-0.2, 0) is 10.0 Å². The number of hydrogen-bond acceptors (Lipinski definition) is 4. The third kappa shape index (κ3) is 2.80. The zero-order valence-corrected chi connectivity index (χ0v) is 12.2. The number of aromatic carboxylic acids is 1. The highest BCUT2D eigenvalue weighted by Crippen LogP contribution is 2.26. The number of carboxylic acid groups (broad SMARTS) is 1. The Morgan fingerprint density at radius 2 is 2.10 bits per heavy atom. The first kappa shape index (κ1) is 15.2. The first-order valence-electron chi connectivity index (χ1n) is 6.08. The van der Waals surface area contributed by atoms with E-state index in [-0.39, 0.29) is 5.75 Å². The van der Waals surface area contributed by atoms with Crippen LogP contribution < -0.4 is 0 Å². The Morgan fingerprint density at radius 1 is 1.43 bits per heavy atom. The zero-order chi connectivity index (χ0) is 15.8. The number of carboxylic acids is 1. The van der Waals surface area contributed by atoms with Crippen molar-refractivity contribution in [1.29, 1.82) is 0 Å². The molecule has 0 radical (unpaired) electrons. The molecule has 0 fully saturated rings. The highest BCUT2D eigenvalue weighted by Gasteiger charge is 2.17. The van der Waals surface area contributed by atoms with Crippen molar-refractivity contribution in [3.8, 4) is 11.1 Å². The van der Waals surface area contributed by atoms with Crippen molar-refractivity contribution in [3.63, 3.8) is 0 Å². The highest BCUT2D eigenvalue weighted by atomic mass is 32.2. The SMILES string of the molecule is CCS(=O)(=O)n1cc(-c2cc(C(=O)O)c(F)cc2C)cn1. The smallest absolute Gasteiger partial charge is 0.338 e. The van der Waals surface area contributed by atoms with Crippen LogP contribution in [-0.4, -0.2) is 34.4 Å². The van der Waals surface area contributed by atoms with Gasteiger partial charge in [-0.15, -0.1) is 0 Å². The van der Waals surface area contributed by atoms with Gasteiger partial charge in [-0.25, -0.2) is 17.6 Å². The fraction of sp³-hybridized carbons (Fsp3) is 0.231. The molecular weight excluding hydrogens is 299 g/mol. The molecule has 1 N–H and O–H groups in total. The Bertz CT molecular complexity index is 812. The minimum absolute atomic E-state index is 0.114. The fourth-order valence-electron chi connectivity index (χ4n) is 1.88. The lowest BCUT2D eigenvalue weighted by molar-refractivity contribution is 0.0692. The van der Waals surface area contributed by atoms with Crippen molar-refractivity contribution in [2.75, 3.05) is 5.75 Å². The van der Waals surface area contributed by atoms with Crippen molar-refractivity contribution in [2.24, 2.45) is 0 Å². The van der Waals surface area contributed by atoms with Gasteiger partial charge in [-0.1, -0.05) is 0 Å². The molecule has 8 heteroatoms. The molecule has 0 amide bonds. The molecule has 2 rings (SSSR count). The number of rotatable bonds is 4. The number of hydrogen-bond donors (Lipinski definition) is 1. The molecule has 0 aliphatic heterocycles. The molecule has 6 nitrogen and oxygen atoms in total. The molecule has 0 saturated heterocycles. The molecule has 0 saturated carbocycles. The van der Waals surface area contributed by atoms with E-state index in [2.05, 4.69) is 5.10 Å². The molecule has 0 spiro atoms. The van der Waals surface area contributed by atoms with Crippen molar-refractivity contribution in [3.05, 3.63) is 41.5 Å². The Morgan fingerprint density at radius 3 is 2.67 bits per heavy atom. The normalized spacial score (nSPS) is 11.6. The summed E-state index contributed by atoms with van der Waals surface area (Å²) in [5.41, 5.74) is 0.853. The quantitative estimate of drug-likeness (QED) is 0.931. The molecule has 2 aromatic rings. The van der Waals surface area contributed by atoms with Gasteiger partial charge in [-0.2, -0.15) is 9.19 Å². The molecule has 0 bridgehead atoms. The van der Waals surface area contributed by atoms with Crippen LogP contribution in [0.5, 0.6) is 0 Å². The van der Waals surface area contributed by atoms with Crippen LogP contribution in [0.15, 0.2) is 24.5 Å². The molecule has 21 heavy (non-hydrogen) atoms. The van der Waals surface area contributed by atoms with Gasteiger partial charge >= 0.3 is 5.97 Å². The second-order valence-corrected chi connectivity index (χ2v) is 6.57. The van der Waals surface area contributed by atoms with E-state index in [1.165, 1.54) is 25.4 Å². The van der Waals surface area contributed by atoms with Crippen molar-refractivity contribution in [2.45, 2.75) is 13.8 Å². The molecular formula is C13H13FN2O4S. The van der Waals surface area contributed by atoms with Gasteiger partial charge in [-0.3, -0.25) is 0 Å². The van der Waals surface area contributed by atoms with E-state index in [1.807, 2.05) is 0 Å². The van der Waals surface area contributed by atoms with Crippen LogP contribution in [0.3, 0.4) is 0 Å². The topological polar surface area (TPSA) is 89.3 Å². The summed E-state index contributed by atoms with van der Waals surface area (Å²) in [4.78, 5) is 11.0. The van der Waals surface area contributed by atoms with Crippen molar-refractivity contribution >= 4 is 16.0 Å². The zero-order valence-electron chi connectivity index (χ0n) is 11.4. The molecule has 1 aromatic carbocycles. The van der Waals surface area contributed by atoms with Gasteiger partial charge < -0.3 is 5.11 Å². The fourth-order valence-corrected chi connectivity index (χ4v) is 2.61. The maximum absolute atomic E-state index is 13.5. The predicted molar refractivity (Wildman–Crippen MR) is 74.2 cm³/mol. The van der Waals surface area contributed by atoms with Crippen LogP contribution >= 0.6 is 0 Å². The van der Waals surface area contributed by atoms with Crippen molar-refractivity contribution < 1.29 is 22.7 Å². The van der Waals surface area contributed by atoms with Gasteiger partial charge in [0.1, 0.15) is 5.82 Å². The monoisotopic (exact) mass is 312 g/mol. The Kier molecular flexibility index (Phi) is 3.82. The summed E-state index contributed by atoms with van der Waals surface area (Å²) in [6, 6.07) is 2.28. The lowest BCUT2D eigenvalue weighted by atomic mass is 10.00. The van der Waals surface area contributed by atoms with E-state index in [0.29, 0.717) is 16.7 Å². The predicted octanol–water partition coefficient (Wildman–Crippen LogP) is 1.89. The summed E-state index contributed by atoms with van der Waals surface area (Å²) in [5.74, 6) is -2.34. The Hall–Kier alpha value is -2.22. The number of nitrogens with zero attached hydrogens (tertiary/aromatic N) is 2. The third-order valence-electron chi connectivity index (χ3n) is 3.07. The van der Waals surface area contributed by atoms with E-state index in [0.717, 1.165) is 10.2 Å². The maximum atomic E-state index is 13.5. The maximum Gasteiger partial charge on any atom is 0.338 e. The van der Waals surface area contributed by atoms with Crippen LogP contribution in [0, 0.1) is 12.7 Å². The average Bonchev–Trinajstić information content (AvgIpc) is 2.88. The minimum atomic E-state index is -3.52. The van der Waals surface area contributed by atoms with Gasteiger partial charge in [0.25, 0.3) is 10.0 Å². The summed E-state index contributed by atoms with van der Waals surface area (Å²) < 4.78 is 37.8. The second-order valence-electron chi connectivity index (χ2n) is 4.45. The minimum Gasteiger partial charge on any atom is -0.478 e. The first-order chi connectivity index (χ1) is 9.76. The average molecular weight is 312 g/mol. The van der Waals surface area contributed by atoms with Gasteiger partial charge in [0.05, 0.1) is 23.7 Å². The highest BCUT2D eigenvalue weighted by molar-refractivity contribution is 7.89. The van der Waals surface area contributed by atoms with Gasteiger partial charge in [-0.05, 0) is 37.1 Å². The van der Waals surface area contributed by atoms with Gasteiger partial charge in [0, 0.05) is 5.56 Å². The summed E-state index contributed by atoms with van der Waals surface area (Å²) in [5, 5.41) is 12.7. The largest absolute Gasteiger partial charge is 0.478 e. The molecule has 0 aliphatic rings. The van der Waals surface area contributed by atoms with Crippen molar-refractivity contribution in [1.82, 2.24) is 9.19 Å².